The van der Waals surface area contributed by atoms with Crippen LogP contribution >= 0.6 is 0 Å². The molecule has 0 aromatic carbocycles. The standard InChI is InChI=1S/C10H11N9O2S/c1-2-18-8(6-14-17-18)22(20,21)16-10-13-7-15-19(10)9-11-4-3-5-12-9/h3-7H,2H2,1H3,(H,13,15,16). The fourth-order valence-corrected chi connectivity index (χ4v) is 2.82. The third-order valence-corrected chi connectivity index (χ3v) is 3.99. The minimum absolute atomic E-state index is 0.0324. The Balaban J connectivity index is 1.96. The van der Waals surface area contributed by atoms with E-state index in [2.05, 4.69) is 35.1 Å². The second-order valence-electron chi connectivity index (χ2n) is 4.04. The monoisotopic (exact) mass is 321 g/mol. The highest BCUT2D eigenvalue weighted by atomic mass is 32.2. The highest BCUT2D eigenvalue weighted by Crippen LogP contribution is 2.14. The number of sulfonamides is 1. The van der Waals surface area contributed by atoms with Crippen LogP contribution in [0.3, 0.4) is 0 Å². The van der Waals surface area contributed by atoms with E-state index in [4.69, 9.17) is 0 Å². The van der Waals surface area contributed by atoms with Gasteiger partial charge < -0.3 is 0 Å². The van der Waals surface area contributed by atoms with Crippen molar-refractivity contribution >= 4 is 16.0 Å². The quantitative estimate of drug-likeness (QED) is 0.663. The first-order chi connectivity index (χ1) is 10.6. The number of aromatic nitrogens is 8. The average Bonchev–Trinajstić information content (AvgIpc) is 3.16. The molecule has 3 heterocycles. The molecule has 0 fully saturated rings. The smallest absolute Gasteiger partial charge is 0.246 e. The lowest BCUT2D eigenvalue weighted by molar-refractivity contribution is 0.548. The average molecular weight is 321 g/mol. The third-order valence-electron chi connectivity index (χ3n) is 2.67. The van der Waals surface area contributed by atoms with Crippen LogP contribution in [0.1, 0.15) is 6.92 Å². The molecule has 12 heteroatoms. The Hall–Kier alpha value is -2.89. The van der Waals surface area contributed by atoms with Crippen LogP contribution in [0.2, 0.25) is 0 Å². The molecule has 0 atom stereocenters. The maximum absolute atomic E-state index is 12.4. The molecule has 0 amide bonds. The van der Waals surface area contributed by atoms with Gasteiger partial charge in [0, 0.05) is 18.9 Å². The van der Waals surface area contributed by atoms with Crippen LogP contribution in [-0.4, -0.2) is 48.1 Å². The van der Waals surface area contributed by atoms with Gasteiger partial charge in [-0.3, -0.25) is 0 Å². The minimum Gasteiger partial charge on any atom is -0.246 e. The van der Waals surface area contributed by atoms with Crippen molar-refractivity contribution in [3.8, 4) is 5.95 Å². The number of anilines is 1. The van der Waals surface area contributed by atoms with Crippen molar-refractivity contribution in [2.45, 2.75) is 18.5 Å². The van der Waals surface area contributed by atoms with Gasteiger partial charge in [-0.15, -0.1) is 5.10 Å². The number of hydrogen-bond donors (Lipinski definition) is 1. The van der Waals surface area contributed by atoms with Crippen molar-refractivity contribution in [3.63, 3.8) is 0 Å². The topological polar surface area (TPSA) is 133 Å². The van der Waals surface area contributed by atoms with E-state index in [9.17, 15) is 8.42 Å². The van der Waals surface area contributed by atoms with Gasteiger partial charge in [-0.1, -0.05) is 5.21 Å². The van der Waals surface area contributed by atoms with Crippen LogP contribution in [-0.2, 0) is 16.6 Å². The van der Waals surface area contributed by atoms with Crippen molar-refractivity contribution < 1.29 is 8.42 Å². The van der Waals surface area contributed by atoms with E-state index < -0.39 is 10.0 Å². The van der Waals surface area contributed by atoms with E-state index in [0.717, 1.165) is 6.20 Å². The van der Waals surface area contributed by atoms with E-state index in [1.165, 1.54) is 28.1 Å². The Labute approximate surface area is 125 Å². The molecule has 114 valence electrons. The normalized spacial score (nSPS) is 11.5. The van der Waals surface area contributed by atoms with Gasteiger partial charge in [0.25, 0.3) is 16.0 Å². The number of hydrogen-bond acceptors (Lipinski definition) is 8. The van der Waals surface area contributed by atoms with Crippen LogP contribution in [0.25, 0.3) is 5.95 Å². The summed E-state index contributed by atoms with van der Waals surface area (Å²) in [7, 11) is -3.90. The molecule has 0 aliphatic carbocycles. The van der Waals surface area contributed by atoms with Crippen LogP contribution in [0, 0.1) is 0 Å². The third kappa shape index (κ3) is 2.50. The van der Waals surface area contributed by atoms with E-state index in [1.54, 1.807) is 13.0 Å². The Kier molecular flexibility index (Phi) is 3.50. The number of aryl methyl sites for hydroxylation is 1. The van der Waals surface area contributed by atoms with Crippen molar-refractivity contribution in [3.05, 3.63) is 31.0 Å². The van der Waals surface area contributed by atoms with Crippen molar-refractivity contribution in [2.24, 2.45) is 0 Å². The molecule has 0 saturated carbocycles. The summed E-state index contributed by atoms with van der Waals surface area (Å²) in [5.41, 5.74) is 0. The van der Waals surface area contributed by atoms with Gasteiger partial charge >= 0.3 is 0 Å². The largest absolute Gasteiger partial charge is 0.283 e. The lowest BCUT2D eigenvalue weighted by atomic mass is 10.7. The van der Waals surface area contributed by atoms with Gasteiger partial charge in [-0.05, 0) is 13.0 Å². The van der Waals surface area contributed by atoms with Gasteiger partial charge in [-0.25, -0.2) is 19.4 Å². The van der Waals surface area contributed by atoms with Crippen molar-refractivity contribution in [2.75, 3.05) is 4.72 Å². The maximum atomic E-state index is 12.4. The first-order valence-electron chi connectivity index (χ1n) is 6.20. The molecule has 0 unspecified atom stereocenters. The van der Waals surface area contributed by atoms with E-state index in [1.807, 2.05) is 0 Å². The highest BCUT2D eigenvalue weighted by molar-refractivity contribution is 7.92. The summed E-state index contributed by atoms with van der Waals surface area (Å²) < 4.78 is 29.5. The molecule has 3 aromatic rings. The summed E-state index contributed by atoms with van der Waals surface area (Å²) in [4.78, 5) is 11.9. The Morgan fingerprint density at radius 2 is 2.00 bits per heavy atom. The van der Waals surface area contributed by atoms with Gasteiger partial charge in [0.05, 0.1) is 6.20 Å². The fraction of sp³-hybridized carbons (Fsp3) is 0.200. The summed E-state index contributed by atoms with van der Waals surface area (Å²) in [6, 6.07) is 1.63. The summed E-state index contributed by atoms with van der Waals surface area (Å²) in [6.07, 6.45) is 5.38. The van der Waals surface area contributed by atoms with Gasteiger partial charge in [-0.2, -0.15) is 23.2 Å². The Morgan fingerprint density at radius 3 is 2.73 bits per heavy atom. The van der Waals surface area contributed by atoms with Gasteiger partial charge in [0.1, 0.15) is 6.33 Å². The number of rotatable bonds is 5. The Bertz CT molecular complexity index is 871. The lowest BCUT2D eigenvalue weighted by Crippen LogP contribution is -2.20. The van der Waals surface area contributed by atoms with Crippen molar-refractivity contribution in [1.82, 2.24) is 39.7 Å². The molecule has 0 aliphatic heterocycles. The maximum Gasteiger partial charge on any atom is 0.283 e. The van der Waals surface area contributed by atoms with Crippen molar-refractivity contribution in [1.29, 1.82) is 0 Å². The molecule has 0 aliphatic rings. The summed E-state index contributed by atoms with van der Waals surface area (Å²) >= 11 is 0. The fourth-order valence-electron chi connectivity index (χ4n) is 1.71. The molecule has 1 N–H and O–H groups in total. The van der Waals surface area contributed by atoms with Gasteiger partial charge in [0.2, 0.25) is 5.95 Å². The van der Waals surface area contributed by atoms with Gasteiger partial charge in [0.15, 0.2) is 5.03 Å². The van der Waals surface area contributed by atoms with Crippen LogP contribution in [0.15, 0.2) is 36.0 Å². The molecule has 0 radical (unpaired) electrons. The zero-order valence-electron chi connectivity index (χ0n) is 11.4. The number of nitrogens with one attached hydrogen (secondary N) is 1. The predicted octanol–water partition coefficient (Wildman–Crippen LogP) is -0.531. The molecule has 22 heavy (non-hydrogen) atoms. The highest BCUT2D eigenvalue weighted by Gasteiger charge is 2.23. The van der Waals surface area contributed by atoms with Crippen LogP contribution < -0.4 is 4.72 Å². The molecular formula is C10H11N9O2S. The molecule has 0 bridgehead atoms. The number of nitrogens with zero attached hydrogens (tertiary/aromatic N) is 8. The SMILES string of the molecule is CCn1nncc1S(=O)(=O)Nc1ncnn1-c1ncccn1. The van der Waals surface area contributed by atoms with Crippen LogP contribution in [0.5, 0.6) is 0 Å². The second kappa shape index (κ2) is 5.48. The molecule has 0 spiro atoms. The lowest BCUT2D eigenvalue weighted by Gasteiger charge is -2.08. The molecule has 0 saturated heterocycles. The summed E-state index contributed by atoms with van der Waals surface area (Å²) in [5, 5.41) is 11.1. The van der Waals surface area contributed by atoms with E-state index in [0.29, 0.717) is 6.54 Å². The zero-order valence-corrected chi connectivity index (χ0v) is 12.2. The Morgan fingerprint density at radius 1 is 1.23 bits per heavy atom. The van der Waals surface area contributed by atoms with E-state index in [-0.39, 0.29) is 16.9 Å². The molecule has 11 nitrogen and oxygen atoms in total. The second-order valence-corrected chi connectivity index (χ2v) is 5.67. The molecule has 3 aromatic heterocycles. The minimum atomic E-state index is -3.90. The summed E-state index contributed by atoms with van der Waals surface area (Å²) in [5.74, 6) is 0.162. The first kappa shape index (κ1) is 14.1. The van der Waals surface area contributed by atoms with Crippen LogP contribution in [0.4, 0.5) is 5.95 Å². The predicted molar refractivity (Wildman–Crippen MR) is 73.5 cm³/mol. The van der Waals surface area contributed by atoms with E-state index >= 15 is 0 Å². The zero-order chi connectivity index (χ0) is 15.6. The molecular weight excluding hydrogens is 310 g/mol. The summed E-state index contributed by atoms with van der Waals surface area (Å²) in [6.45, 7) is 2.12. The molecule has 3 rings (SSSR count). The first-order valence-corrected chi connectivity index (χ1v) is 7.69.